The van der Waals surface area contributed by atoms with Gasteiger partial charge in [0.2, 0.25) is 0 Å². The maximum atomic E-state index is 6.52. The molecule has 1 fully saturated rings. The molecule has 1 aliphatic rings. The molecule has 1 nitrogen and oxygen atoms in total. The topological polar surface area (TPSA) is 9.23 Å². The Kier molecular flexibility index (Phi) is 10.7. The molecule has 0 radical (unpaired) electrons. The van der Waals surface area contributed by atoms with Crippen molar-refractivity contribution >= 4 is 0 Å². The van der Waals surface area contributed by atoms with Crippen LogP contribution in [0, 0.1) is 17.3 Å². The molecule has 0 aromatic heterocycles. The molecule has 3 rings (SSSR count). The lowest BCUT2D eigenvalue weighted by atomic mass is 9.77. The van der Waals surface area contributed by atoms with Crippen molar-refractivity contribution in [1.29, 1.82) is 0 Å². The summed E-state index contributed by atoms with van der Waals surface area (Å²) in [6.07, 6.45) is 15.2. The van der Waals surface area contributed by atoms with Crippen LogP contribution in [0.5, 0.6) is 5.75 Å². The standard InChI is InChI=1S/C34H52O/c1-7-29-24-32(25-30(8-2)33(29)35-23-22-34(9-3,10-4)11-5)31-20-18-28(19-21-31)17-16-27-14-12-26(6)13-15-27/h18-21,24-27H,7-17,22-23H2,1-6H3. The quantitative estimate of drug-likeness (QED) is 0.279. The Labute approximate surface area is 217 Å². The number of ether oxygens (including phenoxy) is 1. The third kappa shape index (κ3) is 7.37. The van der Waals surface area contributed by atoms with E-state index in [9.17, 15) is 0 Å². The predicted molar refractivity (Wildman–Crippen MR) is 153 cm³/mol. The number of benzene rings is 2. The zero-order valence-electron chi connectivity index (χ0n) is 23.7. The first-order valence-corrected chi connectivity index (χ1v) is 14.8. The summed E-state index contributed by atoms with van der Waals surface area (Å²) < 4.78 is 6.52. The van der Waals surface area contributed by atoms with Gasteiger partial charge in [0, 0.05) is 0 Å². The zero-order valence-corrected chi connectivity index (χ0v) is 23.7. The molecule has 1 heteroatoms. The van der Waals surface area contributed by atoms with Crippen LogP contribution in [0.15, 0.2) is 36.4 Å². The van der Waals surface area contributed by atoms with Crippen molar-refractivity contribution in [3.05, 3.63) is 53.1 Å². The highest BCUT2D eigenvalue weighted by molar-refractivity contribution is 5.68. The zero-order chi connectivity index (χ0) is 25.3. The summed E-state index contributed by atoms with van der Waals surface area (Å²) in [7, 11) is 0. The van der Waals surface area contributed by atoms with Crippen LogP contribution in [0.3, 0.4) is 0 Å². The fourth-order valence-corrected chi connectivity index (χ4v) is 6.13. The lowest BCUT2D eigenvalue weighted by Gasteiger charge is -2.30. The highest BCUT2D eigenvalue weighted by Gasteiger charge is 2.24. The van der Waals surface area contributed by atoms with Crippen LogP contribution < -0.4 is 4.74 Å². The molecule has 0 saturated heterocycles. The van der Waals surface area contributed by atoms with E-state index in [-0.39, 0.29) is 0 Å². The van der Waals surface area contributed by atoms with Crippen molar-refractivity contribution in [3.63, 3.8) is 0 Å². The molecule has 0 aliphatic heterocycles. The minimum atomic E-state index is 0.426. The summed E-state index contributed by atoms with van der Waals surface area (Å²) in [6, 6.07) is 14.2. The molecule has 0 unspecified atom stereocenters. The molecule has 0 spiro atoms. The summed E-state index contributed by atoms with van der Waals surface area (Å²) in [6.45, 7) is 14.7. The molecule has 1 aliphatic carbocycles. The molecule has 2 aromatic carbocycles. The molecule has 0 atom stereocenters. The molecule has 194 valence electrons. The molecule has 0 N–H and O–H groups in total. The number of hydrogen-bond donors (Lipinski definition) is 0. The van der Waals surface area contributed by atoms with E-state index < -0.39 is 0 Å². The Morgan fingerprint density at radius 3 is 1.86 bits per heavy atom. The Morgan fingerprint density at radius 1 is 0.771 bits per heavy atom. The molecule has 0 amide bonds. The van der Waals surface area contributed by atoms with Crippen LogP contribution in [0.1, 0.15) is 116 Å². The van der Waals surface area contributed by atoms with E-state index in [1.54, 1.807) is 0 Å². The van der Waals surface area contributed by atoms with E-state index in [1.807, 2.05) is 0 Å². The van der Waals surface area contributed by atoms with Crippen molar-refractivity contribution in [2.24, 2.45) is 17.3 Å². The monoisotopic (exact) mass is 476 g/mol. The van der Waals surface area contributed by atoms with Gasteiger partial charge in [-0.2, -0.15) is 0 Å². The number of hydrogen-bond acceptors (Lipinski definition) is 1. The summed E-state index contributed by atoms with van der Waals surface area (Å²) >= 11 is 0. The first kappa shape index (κ1) is 27.8. The second-order valence-electron chi connectivity index (χ2n) is 11.4. The number of rotatable bonds is 13. The van der Waals surface area contributed by atoms with Crippen LogP contribution >= 0.6 is 0 Å². The second kappa shape index (κ2) is 13.5. The summed E-state index contributed by atoms with van der Waals surface area (Å²) in [5.41, 5.74) is 7.29. The minimum absolute atomic E-state index is 0.426. The number of aryl methyl sites for hydroxylation is 3. The van der Waals surface area contributed by atoms with Crippen LogP contribution in [0.25, 0.3) is 11.1 Å². The average Bonchev–Trinajstić information content (AvgIpc) is 2.91. The molecule has 1 saturated carbocycles. The van der Waals surface area contributed by atoms with E-state index in [2.05, 4.69) is 77.9 Å². The SMILES string of the molecule is CCc1cc(-c2ccc(CCC3CCC(C)CC3)cc2)cc(CC)c1OCCC(CC)(CC)CC. The third-order valence-electron chi connectivity index (χ3n) is 9.40. The van der Waals surface area contributed by atoms with E-state index in [0.717, 1.165) is 43.5 Å². The van der Waals surface area contributed by atoms with Gasteiger partial charge in [0.1, 0.15) is 5.75 Å². The molecule has 0 heterocycles. The van der Waals surface area contributed by atoms with Gasteiger partial charge in [-0.1, -0.05) is 111 Å². The van der Waals surface area contributed by atoms with Crippen molar-refractivity contribution in [2.75, 3.05) is 6.61 Å². The Balaban J connectivity index is 1.68. The Morgan fingerprint density at radius 2 is 1.34 bits per heavy atom. The van der Waals surface area contributed by atoms with Gasteiger partial charge >= 0.3 is 0 Å². The normalized spacial score (nSPS) is 18.6. The van der Waals surface area contributed by atoms with Gasteiger partial charge in [0.15, 0.2) is 0 Å². The fourth-order valence-electron chi connectivity index (χ4n) is 6.13. The van der Waals surface area contributed by atoms with Crippen molar-refractivity contribution < 1.29 is 4.74 Å². The minimum Gasteiger partial charge on any atom is -0.493 e. The second-order valence-corrected chi connectivity index (χ2v) is 11.4. The van der Waals surface area contributed by atoms with Gasteiger partial charge in [0.25, 0.3) is 0 Å². The van der Waals surface area contributed by atoms with Crippen LogP contribution in [0.4, 0.5) is 0 Å². The van der Waals surface area contributed by atoms with Crippen LogP contribution in [-0.2, 0) is 19.3 Å². The van der Waals surface area contributed by atoms with E-state index in [0.29, 0.717) is 5.41 Å². The molecule has 2 aromatic rings. The molecule has 0 bridgehead atoms. The first-order chi connectivity index (χ1) is 17.0. The summed E-state index contributed by atoms with van der Waals surface area (Å²) in [5, 5.41) is 0. The van der Waals surface area contributed by atoms with Crippen LogP contribution in [0.2, 0.25) is 0 Å². The highest BCUT2D eigenvalue weighted by atomic mass is 16.5. The maximum absolute atomic E-state index is 6.52. The van der Waals surface area contributed by atoms with E-state index in [4.69, 9.17) is 4.74 Å². The average molecular weight is 477 g/mol. The van der Waals surface area contributed by atoms with Crippen molar-refractivity contribution in [3.8, 4) is 16.9 Å². The molecular weight excluding hydrogens is 424 g/mol. The first-order valence-electron chi connectivity index (χ1n) is 14.8. The lowest BCUT2D eigenvalue weighted by Crippen LogP contribution is -2.21. The largest absolute Gasteiger partial charge is 0.493 e. The maximum Gasteiger partial charge on any atom is 0.125 e. The third-order valence-corrected chi connectivity index (χ3v) is 9.40. The van der Waals surface area contributed by atoms with Crippen LogP contribution in [-0.4, -0.2) is 6.61 Å². The summed E-state index contributed by atoms with van der Waals surface area (Å²) in [5.74, 6) is 3.03. The van der Waals surface area contributed by atoms with Gasteiger partial charge < -0.3 is 4.74 Å². The van der Waals surface area contributed by atoms with Gasteiger partial charge in [-0.3, -0.25) is 0 Å². The van der Waals surface area contributed by atoms with Gasteiger partial charge in [-0.15, -0.1) is 0 Å². The summed E-state index contributed by atoms with van der Waals surface area (Å²) in [4.78, 5) is 0. The van der Waals surface area contributed by atoms with Gasteiger partial charge in [0.05, 0.1) is 6.61 Å². The smallest absolute Gasteiger partial charge is 0.125 e. The van der Waals surface area contributed by atoms with Gasteiger partial charge in [-0.05, 0) is 89.3 Å². The Hall–Kier alpha value is -1.76. The molecular formula is C34H52O. The predicted octanol–water partition coefficient (Wildman–Crippen LogP) is 10.2. The lowest BCUT2D eigenvalue weighted by molar-refractivity contribution is 0.172. The van der Waals surface area contributed by atoms with Crippen molar-refractivity contribution in [1.82, 2.24) is 0 Å². The molecule has 35 heavy (non-hydrogen) atoms. The van der Waals surface area contributed by atoms with Crippen molar-refractivity contribution in [2.45, 2.75) is 119 Å². The van der Waals surface area contributed by atoms with Gasteiger partial charge in [-0.25, -0.2) is 0 Å². The highest BCUT2D eigenvalue weighted by Crippen LogP contribution is 2.37. The van der Waals surface area contributed by atoms with E-state index >= 15 is 0 Å². The fraction of sp³-hybridized carbons (Fsp3) is 0.647. The Bertz CT molecular complexity index is 848. The van der Waals surface area contributed by atoms with E-state index in [1.165, 1.54) is 85.6 Å².